The molecule has 1 aromatic rings. The van der Waals surface area contributed by atoms with Crippen LogP contribution in [0.2, 0.25) is 0 Å². The molecule has 18 heavy (non-hydrogen) atoms. The summed E-state index contributed by atoms with van der Waals surface area (Å²) in [6.45, 7) is 2.68. The summed E-state index contributed by atoms with van der Waals surface area (Å²) in [6, 6.07) is 1.49. The molecule has 0 aromatic carbocycles. The highest BCUT2D eigenvalue weighted by Gasteiger charge is 2.21. The van der Waals surface area contributed by atoms with E-state index in [2.05, 4.69) is 4.98 Å². The second kappa shape index (κ2) is 5.71. The zero-order chi connectivity index (χ0) is 13.0. The van der Waals surface area contributed by atoms with Crippen LogP contribution in [-0.4, -0.2) is 24.2 Å². The minimum atomic E-state index is -0.423. The normalized spacial score (nSPS) is 14.3. The molecule has 0 amide bonds. The molecule has 0 spiro atoms. The van der Waals surface area contributed by atoms with Crippen molar-refractivity contribution in [3.63, 3.8) is 0 Å². The number of anilines is 1. The molecule has 2 rings (SSSR count). The summed E-state index contributed by atoms with van der Waals surface area (Å²) in [6.07, 6.45) is 5.07. The highest BCUT2D eigenvalue weighted by Crippen LogP contribution is 2.32. The Labute approximate surface area is 106 Å². The van der Waals surface area contributed by atoms with Gasteiger partial charge in [0.15, 0.2) is 5.75 Å². The van der Waals surface area contributed by atoms with Gasteiger partial charge in [-0.3, -0.25) is 0 Å². The third kappa shape index (κ3) is 3.35. The Morgan fingerprint density at radius 2 is 2.33 bits per heavy atom. The van der Waals surface area contributed by atoms with Crippen LogP contribution in [0.4, 0.5) is 5.82 Å². The predicted octanol–water partition coefficient (Wildman–Crippen LogP) is 2.02. The van der Waals surface area contributed by atoms with Crippen LogP contribution in [0.25, 0.3) is 0 Å². The fourth-order valence-electron chi connectivity index (χ4n) is 1.68. The molecule has 1 fully saturated rings. The van der Waals surface area contributed by atoms with E-state index in [4.69, 9.17) is 15.2 Å². The highest BCUT2D eigenvalue weighted by atomic mass is 16.5. The van der Waals surface area contributed by atoms with E-state index in [1.165, 1.54) is 25.1 Å². The van der Waals surface area contributed by atoms with Gasteiger partial charge in [-0.15, -0.1) is 0 Å². The minimum Gasteiger partial charge on any atom is -0.491 e. The summed E-state index contributed by atoms with van der Waals surface area (Å²) < 4.78 is 10.6. The van der Waals surface area contributed by atoms with E-state index < -0.39 is 5.97 Å². The van der Waals surface area contributed by atoms with Crippen LogP contribution in [-0.2, 0) is 4.74 Å². The zero-order valence-electron chi connectivity index (χ0n) is 10.5. The van der Waals surface area contributed by atoms with Gasteiger partial charge >= 0.3 is 5.97 Å². The largest absolute Gasteiger partial charge is 0.491 e. The van der Waals surface area contributed by atoms with Crippen molar-refractivity contribution in [1.29, 1.82) is 0 Å². The molecular formula is C13H18N2O3. The fourth-order valence-corrected chi connectivity index (χ4v) is 1.68. The average Bonchev–Trinajstić information content (AvgIpc) is 3.15. The molecule has 0 radical (unpaired) electrons. The molecule has 0 atom stereocenters. The number of rotatable bonds is 6. The molecule has 98 valence electrons. The number of aromatic nitrogens is 1. The van der Waals surface area contributed by atoms with E-state index >= 15 is 0 Å². The Hall–Kier alpha value is -1.78. The van der Waals surface area contributed by atoms with Gasteiger partial charge in [-0.2, -0.15) is 0 Å². The first-order chi connectivity index (χ1) is 8.70. The standard InChI is InChI=1S/C13H18N2O3/c1-2-17-13(16)10-7-12(14)15-8-11(10)18-6-5-9-3-4-9/h7-9H,2-6H2,1H3,(H2,14,15). The van der Waals surface area contributed by atoms with Gasteiger partial charge in [0.25, 0.3) is 0 Å². The van der Waals surface area contributed by atoms with Gasteiger partial charge in [0.1, 0.15) is 11.4 Å². The lowest BCUT2D eigenvalue weighted by Crippen LogP contribution is -2.10. The van der Waals surface area contributed by atoms with Gasteiger partial charge in [-0.25, -0.2) is 9.78 Å². The fraction of sp³-hybridized carbons (Fsp3) is 0.538. The monoisotopic (exact) mass is 250 g/mol. The summed E-state index contributed by atoms with van der Waals surface area (Å²) in [5, 5.41) is 0. The molecule has 0 unspecified atom stereocenters. The first-order valence-corrected chi connectivity index (χ1v) is 6.26. The van der Waals surface area contributed by atoms with Gasteiger partial charge < -0.3 is 15.2 Å². The van der Waals surface area contributed by atoms with Crippen molar-refractivity contribution in [3.05, 3.63) is 17.8 Å². The highest BCUT2D eigenvalue weighted by molar-refractivity contribution is 5.93. The van der Waals surface area contributed by atoms with Crippen LogP contribution in [0.15, 0.2) is 12.3 Å². The van der Waals surface area contributed by atoms with Crippen molar-refractivity contribution in [3.8, 4) is 5.75 Å². The summed E-state index contributed by atoms with van der Waals surface area (Å²) in [4.78, 5) is 15.7. The van der Waals surface area contributed by atoms with Gasteiger partial charge in [0, 0.05) is 0 Å². The van der Waals surface area contributed by atoms with Crippen LogP contribution in [0.1, 0.15) is 36.5 Å². The maximum absolute atomic E-state index is 11.7. The molecule has 1 saturated carbocycles. The van der Waals surface area contributed by atoms with Crippen LogP contribution >= 0.6 is 0 Å². The number of carbonyl (C=O) groups is 1. The molecule has 0 aliphatic heterocycles. The maximum atomic E-state index is 11.7. The average molecular weight is 250 g/mol. The quantitative estimate of drug-likeness (QED) is 0.782. The SMILES string of the molecule is CCOC(=O)c1cc(N)ncc1OCCC1CC1. The molecule has 0 saturated heterocycles. The van der Waals surface area contributed by atoms with Gasteiger partial charge in [-0.1, -0.05) is 12.8 Å². The van der Waals surface area contributed by atoms with Crippen LogP contribution in [0.3, 0.4) is 0 Å². The van der Waals surface area contributed by atoms with Crippen molar-refractivity contribution in [2.45, 2.75) is 26.2 Å². The van der Waals surface area contributed by atoms with E-state index in [1.54, 1.807) is 6.92 Å². The smallest absolute Gasteiger partial charge is 0.342 e. The molecule has 1 heterocycles. The molecule has 5 nitrogen and oxygen atoms in total. The molecule has 1 aromatic heterocycles. The first kappa shape index (κ1) is 12.7. The molecule has 2 N–H and O–H groups in total. The Balaban J connectivity index is 2.03. The molecule has 0 bridgehead atoms. The lowest BCUT2D eigenvalue weighted by atomic mass is 10.2. The van der Waals surface area contributed by atoms with Crippen molar-refractivity contribution >= 4 is 11.8 Å². The van der Waals surface area contributed by atoms with Crippen molar-refractivity contribution in [1.82, 2.24) is 4.98 Å². The van der Waals surface area contributed by atoms with Gasteiger partial charge in [-0.05, 0) is 25.3 Å². The molecule has 1 aliphatic carbocycles. The zero-order valence-corrected chi connectivity index (χ0v) is 10.5. The maximum Gasteiger partial charge on any atom is 0.342 e. The van der Waals surface area contributed by atoms with Crippen molar-refractivity contribution < 1.29 is 14.3 Å². The number of esters is 1. The Morgan fingerprint density at radius 1 is 1.56 bits per heavy atom. The topological polar surface area (TPSA) is 74.4 Å². The molecular weight excluding hydrogens is 232 g/mol. The van der Waals surface area contributed by atoms with E-state index in [0.29, 0.717) is 24.5 Å². The summed E-state index contributed by atoms with van der Waals surface area (Å²) >= 11 is 0. The number of nitrogen functional groups attached to an aromatic ring is 1. The van der Waals surface area contributed by atoms with E-state index in [0.717, 1.165) is 12.3 Å². The third-order valence-electron chi connectivity index (χ3n) is 2.86. The van der Waals surface area contributed by atoms with Crippen LogP contribution in [0.5, 0.6) is 5.75 Å². The number of nitrogens with two attached hydrogens (primary N) is 1. The van der Waals surface area contributed by atoms with Crippen molar-refractivity contribution in [2.24, 2.45) is 5.92 Å². The van der Waals surface area contributed by atoms with Crippen molar-refractivity contribution in [2.75, 3.05) is 18.9 Å². The molecule has 1 aliphatic rings. The summed E-state index contributed by atoms with van der Waals surface area (Å²) in [5.41, 5.74) is 5.92. The molecule has 5 heteroatoms. The van der Waals surface area contributed by atoms with Crippen LogP contribution < -0.4 is 10.5 Å². The lowest BCUT2D eigenvalue weighted by molar-refractivity contribution is 0.0521. The van der Waals surface area contributed by atoms with E-state index in [9.17, 15) is 4.79 Å². The number of ether oxygens (including phenoxy) is 2. The Morgan fingerprint density at radius 3 is 3.00 bits per heavy atom. The Kier molecular flexibility index (Phi) is 4.02. The van der Waals surface area contributed by atoms with Crippen LogP contribution in [0, 0.1) is 5.92 Å². The number of hydrogen-bond acceptors (Lipinski definition) is 5. The number of carbonyl (C=O) groups excluding carboxylic acids is 1. The number of pyridine rings is 1. The van der Waals surface area contributed by atoms with Gasteiger partial charge in [0.05, 0.1) is 19.4 Å². The number of nitrogens with zero attached hydrogens (tertiary/aromatic N) is 1. The van der Waals surface area contributed by atoms with E-state index in [-0.39, 0.29) is 5.82 Å². The summed E-state index contributed by atoms with van der Waals surface area (Å²) in [7, 11) is 0. The predicted molar refractivity (Wildman–Crippen MR) is 67.4 cm³/mol. The Bertz CT molecular complexity index is 430. The first-order valence-electron chi connectivity index (χ1n) is 6.26. The summed E-state index contributed by atoms with van der Waals surface area (Å²) in [5.74, 6) is 1.10. The van der Waals surface area contributed by atoms with E-state index in [1.807, 2.05) is 0 Å². The van der Waals surface area contributed by atoms with Gasteiger partial charge in [0.2, 0.25) is 0 Å². The lowest BCUT2D eigenvalue weighted by Gasteiger charge is -2.10. The number of hydrogen-bond donors (Lipinski definition) is 1. The third-order valence-corrected chi connectivity index (χ3v) is 2.86. The second-order valence-electron chi connectivity index (χ2n) is 4.41. The minimum absolute atomic E-state index is 0.285. The second-order valence-corrected chi connectivity index (χ2v) is 4.41.